The molecule has 1 aromatic carbocycles. The first kappa shape index (κ1) is 11.5. The Kier molecular flexibility index (Phi) is 4.12. The average molecular weight is 207 g/mol. The molecule has 0 aliphatic heterocycles. The Morgan fingerprint density at radius 1 is 1.40 bits per heavy atom. The van der Waals surface area contributed by atoms with Crippen LogP contribution in [-0.4, -0.2) is 26.5 Å². The van der Waals surface area contributed by atoms with Gasteiger partial charge in [0, 0.05) is 26.3 Å². The smallest absolute Gasteiger partial charge is 0.234 e. The Hall–Kier alpha value is -1.55. The van der Waals surface area contributed by atoms with E-state index in [0.717, 1.165) is 11.3 Å². The summed E-state index contributed by atoms with van der Waals surface area (Å²) < 4.78 is 0. The Balaban J connectivity index is 2.71. The Morgan fingerprint density at radius 2 is 2.07 bits per heavy atom. The number of nitrogens with two attached hydrogens (primary N) is 1. The molecule has 0 saturated heterocycles. The van der Waals surface area contributed by atoms with Gasteiger partial charge < -0.3 is 16.0 Å². The number of nitrogens with one attached hydrogen (secondary N) is 1. The van der Waals surface area contributed by atoms with Crippen molar-refractivity contribution in [1.82, 2.24) is 5.32 Å². The number of rotatable bonds is 4. The molecule has 1 amide bonds. The number of amides is 1. The minimum absolute atomic E-state index is 0.0319. The van der Waals surface area contributed by atoms with Gasteiger partial charge in [-0.05, 0) is 11.6 Å². The molecule has 0 fully saturated rings. The maximum absolute atomic E-state index is 11.0. The Labute approximate surface area is 90.1 Å². The van der Waals surface area contributed by atoms with Gasteiger partial charge in [-0.15, -0.1) is 0 Å². The van der Waals surface area contributed by atoms with Gasteiger partial charge in [0.2, 0.25) is 5.91 Å². The molecule has 0 atom stereocenters. The highest BCUT2D eigenvalue weighted by Crippen LogP contribution is 2.17. The van der Waals surface area contributed by atoms with Crippen molar-refractivity contribution in [3.8, 4) is 0 Å². The first-order valence-electron chi connectivity index (χ1n) is 4.87. The van der Waals surface area contributed by atoms with Crippen LogP contribution in [0.4, 0.5) is 5.69 Å². The molecular weight excluding hydrogens is 190 g/mol. The fraction of sp³-hybridized carbons (Fsp3) is 0.364. The van der Waals surface area contributed by atoms with Gasteiger partial charge in [-0.3, -0.25) is 4.79 Å². The van der Waals surface area contributed by atoms with Crippen molar-refractivity contribution in [3.05, 3.63) is 29.8 Å². The van der Waals surface area contributed by atoms with E-state index in [1.165, 1.54) is 0 Å². The summed E-state index contributed by atoms with van der Waals surface area (Å²) in [4.78, 5) is 13.0. The SMILES string of the molecule is CN(C)c1ccccc1CNC(=O)CN. The summed E-state index contributed by atoms with van der Waals surface area (Å²) in [6.07, 6.45) is 0. The van der Waals surface area contributed by atoms with Gasteiger partial charge in [-0.2, -0.15) is 0 Å². The summed E-state index contributed by atoms with van der Waals surface area (Å²) in [7, 11) is 3.95. The minimum Gasteiger partial charge on any atom is -0.377 e. The van der Waals surface area contributed by atoms with E-state index in [4.69, 9.17) is 5.73 Å². The van der Waals surface area contributed by atoms with Crippen molar-refractivity contribution in [1.29, 1.82) is 0 Å². The molecule has 0 aliphatic carbocycles. The zero-order chi connectivity index (χ0) is 11.3. The third-order valence-electron chi connectivity index (χ3n) is 2.13. The van der Waals surface area contributed by atoms with Gasteiger partial charge >= 0.3 is 0 Å². The van der Waals surface area contributed by atoms with Crippen LogP contribution in [0.25, 0.3) is 0 Å². The molecule has 1 rings (SSSR count). The lowest BCUT2D eigenvalue weighted by Gasteiger charge is -2.17. The molecule has 0 aliphatic rings. The van der Waals surface area contributed by atoms with Crippen LogP contribution in [0.15, 0.2) is 24.3 Å². The summed E-state index contributed by atoms with van der Waals surface area (Å²) in [5, 5.41) is 2.75. The quantitative estimate of drug-likeness (QED) is 0.748. The molecule has 0 saturated carbocycles. The van der Waals surface area contributed by atoms with E-state index in [1.807, 2.05) is 43.3 Å². The topological polar surface area (TPSA) is 58.4 Å². The van der Waals surface area contributed by atoms with E-state index in [2.05, 4.69) is 5.32 Å². The first-order valence-corrected chi connectivity index (χ1v) is 4.87. The zero-order valence-electron chi connectivity index (χ0n) is 9.16. The van der Waals surface area contributed by atoms with E-state index in [0.29, 0.717) is 6.54 Å². The molecule has 0 spiro atoms. The summed E-state index contributed by atoms with van der Waals surface area (Å²) in [5.74, 6) is -0.136. The van der Waals surface area contributed by atoms with Crippen molar-refractivity contribution in [3.63, 3.8) is 0 Å². The van der Waals surface area contributed by atoms with E-state index in [9.17, 15) is 4.79 Å². The second-order valence-corrected chi connectivity index (χ2v) is 3.50. The van der Waals surface area contributed by atoms with Gasteiger partial charge in [0.1, 0.15) is 0 Å². The standard InChI is InChI=1S/C11H17N3O/c1-14(2)10-6-4-3-5-9(10)8-13-11(15)7-12/h3-6H,7-8,12H2,1-2H3,(H,13,15). The number of nitrogens with zero attached hydrogens (tertiary/aromatic N) is 1. The van der Waals surface area contributed by atoms with E-state index in [1.54, 1.807) is 0 Å². The molecule has 4 heteroatoms. The van der Waals surface area contributed by atoms with E-state index in [-0.39, 0.29) is 12.5 Å². The third-order valence-corrected chi connectivity index (χ3v) is 2.13. The summed E-state index contributed by atoms with van der Waals surface area (Å²) >= 11 is 0. The molecule has 0 bridgehead atoms. The fourth-order valence-electron chi connectivity index (χ4n) is 1.36. The average Bonchev–Trinajstić information content (AvgIpc) is 2.26. The van der Waals surface area contributed by atoms with E-state index >= 15 is 0 Å². The largest absolute Gasteiger partial charge is 0.377 e. The lowest BCUT2D eigenvalue weighted by Crippen LogP contribution is -2.30. The fourth-order valence-corrected chi connectivity index (χ4v) is 1.36. The Bertz CT molecular complexity index is 336. The summed E-state index contributed by atoms with van der Waals surface area (Å²) in [6.45, 7) is 0.550. The van der Waals surface area contributed by atoms with Crippen LogP contribution in [0.3, 0.4) is 0 Å². The molecule has 0 heterocycles. The maximum atomic E-state index is 11.0. The molecule has 1 aromatic rings. The minimum atomic E-state index is -0.136. The molecule has 3 N–H and O–H groups in total. The van der Waals surface area contributed by atoms with Crippen LogP contribution >= 0.6 is 0 Å². The molecule has 15 heavy (non-hydrogen) atoms. The molecule has 0 unspecified atom stereocenters. The normalized spacial score (nSPS) is 9.80. The third kappa shape index (κ3) is 3.25. The lowest BCUT2D eigenvalue weighted by atomic mass is 10.1. The van der Waals surface area contributed by atoms with Crippen molar-refractivity contribution in [2.75, 3.05) is 25.5 Å². The first-order chi connectivity index (χ1) is 7.15. The van der Waals surface area contributed by atoms with Crippen molar-refractivity contribution in [2.24, 2.45) is 5.73 Å². The van der Waals surface area contributed by atoms with Crippen LogP contribution in [0.5, 0.6) is 0 Å². The van der Waals surface area contributed by atoms with Crippen molar-refractivity contribution < 1.29 is 4.79 Å². The molecular formula is C11H17N3O. The van der Waals surface area contributed by atoms with Crippen LogP contribution < -0.4 is 16.0 Å². The van der Waals surface area contributed by atoms with Gasteiger partial charge in [-0.1, -0.05) is 18.2 Å². The lowest BCUT2D eigenvalue weighted by molar-refractivity contribution is -0.119. The van der Waals surface area contributed by atoms with Gasteiger partial charge in [0.05, 0.1) is 6.54 Å². The number of carbonyl (C=O) groups is 1. The maximum Gasteiger partial charge on any atom is 0.234 e. The molecule has 4 nitrogen and oxygen atoms in total. The van der Waals surface area contributed by atoms with Crippen LogP contribution in [0, 0.1) is 0 Å². The summed E-state index contributed by atoms with van der Waals surface area (Å²) in [5.41, 5.74) is 7.41. The van der Waals surface area contributed by atoms with Crippen molar-refractivity contribution in [2.45, 2.75) is 6.54 Å². The van der Waals surface area contributed by atoms with Gasteiger partial charge in [-0.25, -0.2) is 0 Å². The van der Waals surface area contributed by atoms with Crippen molar-refractivity contribution >= 4 is 11.6 Å². The molecule has 82 valence electrons. The number of hydrogen-bond donors (Lipinski definition) is 2. The number of para-hydroxylation sites is 1. The number of anilines is 1. The predicted octanol–water partition coefficient (Wildman–Crippen LogP) is 0.328. The Morgan fingerprint density at radius 3 is 2.67 bits per heavy atom. The highest BCUT2D eigenvalue weighted by Gasteiger charge is 2.04. The van der Waals surface area contributed by atoms with E-state index < -0.39 is 0 Å². The highest BCUT2D eigenvalue weighted by atomic mass is 16.1. The van der Waals surface area contributed by atoms with Gasteiger partial charge in [0.15, 0.2) is 0 Å². The van der Waals surface area contributed by atoms with Crippen LogP contribution in [0.1, 0.15) is 5.56 Å². The number of carbonyl (C=O) groups excluding carboxylic acids is 1. The van der Waals surface area contributed by atoms with Crippen LogP contribution in [0.2, 0.25) is 0 Å². The number of hydrogen-bond acceptors (Lipinski definition) is 3. The zero-order valence-corrected chi connectivity index (χ0v) is 9.16. The predicted molar refractivity (Wildman–Crippen MR) is 61.7 cm³/mol. The molecule has 0 aromatic heterocycles. The van der Waals surface area contributed by atoms with Gasteiger partial charge in [0.25, 0.3) is 0 Å². The molecule has 0 radical (unpaired) electrons. The highest BCUT2D eigenvalue weighted by molar-refractivity contribution is 5.77. The van der Waals surface area contributed by atoms with Crippen LogP contribution in [-0.2, 0) is 11.3 Å². The monoisotopic (exact) mass is 207 g/mol. The summed E-state index contributed by atoms with van der Waals surface area (Å²) in [6, 6.07) is 7.94. The second-order valence-electron chi connectivity index (χ2n) is 3.50. The second kappa shape index (κ2) is 5.36. The number of benzene rings is 1.